The van der Waals surface area contributed by atoms with Crippen LogP contribution in [0.1, 0.15) is 40.5 Å². The van der Waals surface area contributed by atoms with Crippen molar-refractivity contribution < 1.29 is 9.53 Å². The van der Waals surface area contributed by atoms with Crippen LogP contribution in [0.15, 0.2) is 36.2 Å². The zero-order valence-electron chi connectivity index (χ0n) is 14.6. The number of likely N-dealkylation sites (tertiary alicyclic amines) is 1. The van der Waals surface area contributed by atoms with Crippen molar-refractivity contribution in [2.75, 3.05) is 20.1 Å². The highest BCUT2D eigenvalue weighted by Crippen LogP contribution is 2.18. The minimum atomic E-state index is -0.389. The summed E-state index contributed by atoms with van der Waals surface area (Å²) in [5, 5.41) is 2.36. The average Bonchev–Trinajstić information content (AvgIpc) is 2.96. The Labute approximate surface area is 134 Å². The van der Waals surface area contributed by atoms with Gasteiger partial charge in [0.05, 0.1) is 11.4 Å². The molecule has 0 saturated carbocycles. The number of nitrogens with two attached hydrogens (primary N) is 1. The van der Waals surface area contributed by atoms with Crippen LogP contribution in [0.3, 0.4) is 0 Å². The second-order valence-corrected chi connectivity index (χ2v) is 5.98. The highest BCUT2D eigenvalue weighted by Gasteiger charge is 2.15. The molecule has 126 valence electrons. The number of amides is 1. The van der Waals surface area contributed by atoms with Gasteiger partial charge in [-0.1, -0.05) is 18.7 Å². The van der Waals surface area contributed by atoms with Crippen molar-refractivity contribution in [3.63, 3.8) is 0 Å². The molecule has 0 radical (unpaired) electrons. The Morgan fingerprint density at radius 3 is 2.18 bits per heavy atom. The lowest BCUT2D eigenvalue weighted by Gasteiger charge is -2.21. The Morgan fingerprint density at radius 1 is 1.32 bits per heavy atom. The molecule has 1 rings (SSSR count). The number of rotatable bonds is 3. The number of carbonyl (C=O) groups excluding carboxylic acids is 1. The summed E-state index contributed by atoms with van der Waals surface area (Å²) >= 11 is 0. The molecular formula is C17H31N3O2. The number of nitrogens with one attached hydrogen (secondary N) is 1. The number of nitrogens with zero attached hydrogens (tertiary/aromatic N) is 1. The van der Waals surface area contributed by atoms with Crippen LogP contribution < -0.4 is 11.1 Å². The smallest absolute Gasteiger partial charge is 0.407 e. The topological polar surface area (TPSA) is 67.6 Å². The molecule has 3 N–H and O–H groups in total. The van der Waals surface area contributed by atoms with Crippen LogP contribution in [0.5, 0.6) is 0 Å². The fraction of sp³-hybridized carbons (Fsp3) is 0.588. The molecule has 1 fully saturated rings. The van der Waals surface area contributed by atoms with E-state index in [0.29, 0.717) is 0 Å². The zero-order valence-corrected chi connectivity index (χ0v) is 14.6. The lowest BCUT2D eigenvalue weighted by molar-refractivity contribution is 0.0541. The van der Waals surface area contributed by atoms with E-state index in [4.69, 9.17) is 10.5 Å². The number of hydrogen-bond acceptors (Lipinski definition) is 4. The molecule has 0 aromatic carbocycles. The van der Waals surface area contributed by atoms with Crippen LogP contribution in [-0.4, -0.2) is 36.7 Å². The van der Waals surface area contributed by atoms with Gasteiger partial charge >= 0.3 is 6.09 Å². The zero-order chi connectivity index (χ0) is 17.2. The quantitative estimate of drug-likeness (QED) is 0.786. The van der Waals surface area contributed by atoms with Gasteiger partial charge in [0.25, 0.3) is 0 Å². The summed E-state index contributed by atoms with van der Waals surface area (Å²) in [6.45, 7) is 13.4. The van der Waals surface area contributed by atoms with Crippen LogP contribution in [-0.2, 0) is 4.74 Å². The van der Waals surface area contributed by atoms with Crippen molar-refractivity contribution in [1.29, 1.82) is 0 Å². The molecule has 1 aliphatic rings. The van der Waals surface area contributed by atoms with E-state index in [0.717, 1.165) is 24.5 Å². The molecule has 1 amide bonds. The standard InChI is InChI=1S/C11H18N2.C6H13NO2/c1-3-7-11(10(12)4-2)13-8-5-6-9-13;1-6(2,3)9-5(8)7-4/h3-4,7H,1,5-6,8-9,12H2,2H3;1-4H3,(H,7,8)/b10-4+,11-7+;. The number of alkyl carbamates (subject to hydrolysis) is 1. The van der Waals surface area contributed by atoms with Crippen LogP contribution in [0.2, 0.25) is 0 Å². The van der Waals surface area contributed by atoms with Crippen molar-refractivity contribution >= 4 is 6.09 Å². The van der Waals surface area contributed by atoms with Crippen LogP contribution in [0.4, 0.5) is 4.79 Å². The highest BCUT2D eigenvalue weighted by atomic mass is 16.6. The van der Waals surface area contributed by atoms with E-state index in [1.165, 1.54) is 19.9 Å². The number of allylic oxidation sites excluding steroid dienone is 3. The lowest BCUT2D eigenvalue weighted by atomic mass is 10.2. The van der Waals surface area contributed by atoms with Gasteiger partial charge in [0, 0.05) is 20.1 Å². The van der Waals surface area contributed by atoms with E-state index in [1.54, 1.807) is 6.08 Å². The van der Waals surface area contributed by atoms with Gasteiger partial charge < -0.3 is 20.7 Å². The van der Waals surface area contributed by atoms with Gasteiger partial charge in [0.15, 0.2) is 0 Å². The molecule has 0 aromatic rings. The van der Waals surface area contributed by atoms with E-state index >= 15 is 0 Å². The maximum atomic E-state index is 10.5. The first-order chi connectivity index (χ1) is 10.2. The number of hydrogen-bond donors (Lipinski definition) is 2. The molecule has 0 unspecified atom stereocenters. The normalized spacial score (nSPS) is 15.8. The monoisotopic (exact) mass is 309 g/mol. The first-order valence-electron chi connectivity index (χ1n) is 7.65. The molecule has 5 heteroatoms. The molecule has 1 aliphatic heterocycles. The highest BCUT2D eigenvalue weighted by molar-refractivity contribution is 5.67. The van der Waals surface area contributed by atoms with Gasteiger partial charge in [0.1, 0.15) is 5.60 Å². The van der Waals surface area contributed by atoms with Gasteiger partial charge in [-0.05, 0) is 46.6 Å². The van der Waals surface area contributed by atoms with E-state index in [2.05, 4.69) is 16.8 Å². The molecule has 1 saturated heterocycles. The van der Waals surface area contributed by atoms with E-state index in [9.17, 15) is 4.79 Å². The van der Waals surface area contributed by atoms with Crippen molar-refractivity contribution in [1.82, 2.24) is 10.2 Å². The van der Waals surface area contributed by atoms with Gasteiger partial charge in [-0.25, -0.2) is 4.79 Å². The van der Waals surface area contributed by atoms with Crippen LogP contribution in [0, 0.1) is 0 Å². The first kappa shape index (κ1) is 20.1. The van der Waals surface area contributed by atoms with Crippen molar-refractivity contribution in [2.24, 2.45) is 5.73 Å². The van der Waals surface area contributed by atoms with Gasteiger partial charge in [-0.3, -0.25) is 0 Å². The third-order valence-electron chi connectivity index (χ3n) is 2.93. The second kappa shape index (κ2) is 9.92. The predicted molar refractivity (Wildman–Crippen MR) is 92.3 cm³/mol. The minimum absolute atomic E-state index is 0.387. The van der Waals surface area contributed by atoms with Crippen molar-refractivity contribution in [3.8, 4) is 0 Å². The number of carbonyl (C=O) groups is 1. The summed E-state index contributed by atoms with van der Waals surface area (Å²) in [5.41, 5.74) is 7.47. The van der Waals surface area contributed by atoms with Gasteiger partial charge in [0.2, 0.25) is 0 Å². The van der Waals surface area contributed by atoms with Gasteiger partial charge in [-0.2, -0.15) is 0 Å². The molecule has 0 spiro atoms. The molecule has 22 heavy (non-hydrogen) atoms. The summed E-state index contributed by atoms with van der Waals surface area (Å²) in [7, 11) is 1.54. The lowest BCUT2D eigenvalue weighted by Crippen LogP contribution is -2.30. The maximum absolute atomic E-state index is 10.5. The Bertz CT molecular complexity index is 414. The largest absolute Gasteiger partial charge is 0.444 e. The third kappa shape index (κ3) is 8.39. The average molecular weight is 309 g/mol. The number of ether oxygens (including phenoxy) is 1. The molecule has 0 atom stereocenters. The molecule has 1 heterocycles. The Balaban J connectivity index is 0.000000433. The fourth-order valence-electron chi connectivity index (χ4n) is 1.93. The van der Waals surface area contributed by atoms with E-state index < -0.39 is 0 Å². The molecule has 0 bridgehead atoms. The van der Waals surface area contributed by atoms with E-state index in [1.807, 2.05) is 39.8 Å². The predicted octanol–water partition coefficient (Wildman–Crippen LogP) is 3.16. The minimum Gasteiger partial charge on any atom is -0.444 e. The van der Waals surface area contributed by atoms with Crippen LogP contribution in [0.25, 0.3) is 0 Å². The van der Waals surface area contributed by atoms with Crippen molar-refractivity contribution in [2.45, 2.75) is 46.1 Å². The third-order valence-corrected chi connectivity index (χ3v) is 2.93. The van der Waals surface area contributed by atoms with E-state index in [-0.39, 0.29) is 11.7 Å². The molecule has 0 aromatic heterocycles. The summed E-state index contributed by atoms with van der Waals surface area (Å²) in [6.07, 6.45) is 7.87. The molecule has 0 aliphatic carbocycles. The maximum Gasteiger partial charge on any atom is 0.407 e. The molecular weight excluding hydrogens is 278 g/mol. The Morgan fingerprint density at radius 2 is 1.86 bits per heavy atom. The second-order valence-electron chi connectivity index (χ2n) is 5.98. The Kier molecular flexibility index (Phi) is 9.06. The molecule has 5 nitrogen and oxygen atoms in total. The van der Waals surface area contributed by atoms with Gasteiger partial charge in [-0.15, -0.1) is 0 Å². The fourth-order valence-corrected chi connectivity index (χ4v) is 1.93. The summed E-state index contributed by atoms with van der Waals surface area (Å²) in [4.78, 5) is 12.8. The van der Waals surface area contributed by atoms with Crippen LogP contribution >= 0.6 is 0 Å². The summed E-state index contributed by atoms with van der Waals surface area (Å²) in [6, 6.07) is 0. The first-order valence-corrected chi connectivity index (χ1v) is 7.65. The summed E-state index contributed by atoms with van der Waals surface area (Å²) < 4.78 is 4.84. The van der Waals surface area contributed by atoms with Crippen molar-refractivity contribution in [3.05, 3.63) is 36.2 Å². The Hall–Kier alpha value is -1.91. The summed E-state index contributed by atoms with van der Waals surface area (Å²) in [5.74, 6) is 0. The SMILES string of the molecule is C=C/C=C(\C(N)=C/C)N1CCCC1.CNC(=O)OC(C)(C)C.